The Morgan fingerprint density at radius 2 is 0.618 bits per heavy atom. The van der Waals surface area contributed by atoms with Crippen LogP contribution in [0, 0.1) is 0 Å². The molecule has 2 atom stereocenters. The van der Waals surface area contributed by atoms with E-state index in [9.17, 15) is 0 Å². The van der Waals surface area contributed by atoms with Crippen LogP contribution in [0.3, 0.4) is 0 Å². The van der Waals surface area contributed by atoms with Crippen LogP contribution < -0.4 is 0 Å². The summed E-state index contributed by atoms with van der Waals surface area (Å²) in [5.74, 6) is 3.21. The second-order valence-corrected chi connectivity index (χ2v) is 20.0. The number of aromatic nitrogens is 8. The number of imidazole rings is 2. The van der Waals surface area contributed by atoms with E-state index in [1.54, 1.807) is 0 Å². The van der Waals surface area contributed by atoms with E-state index in [-0.39, 0.29) is 11.8 Å². The molecule has 0 spiro atoms. The largest absolute Gasteiger partial charge is 0.327 e. The first kappa shape index (κ1) is 43.6. The van der Waals surface area contributed by atoms with Crippen molar-refractivity contribution in [3.63, 3.8) is 0 Å². The summed E-state index contributed by atoms with van der Waals surface area (Å²) in [6.07, 6.45) is 0. The Bertz CT molecular complexity index is 4170. The Kier molecular flexibility index (Phi) is 9.97. The molecule has 3 aliphatic rings. The van der Waals surface area contributed by atoms with E-state index in [0.29, 0.717) is 11.6 Å². The highest BCUT2D eigenvalue weighted by molar-refractivity contribution is 5.84. The van der Waals surface area contributed by atoms with E-state index in [4.69, 9.17) is 29.9 Å². The molecule has 0 N–H and O–H groups in total. The Balaban J connectivity index is 0.832. The average Bonchev–Trinajstić information content (AvgIpc) is 4.14. The Morgan fingerprint density at radius 3 is 1.05 bits per heavy atom. The van der Waals surface area contributed by atoms with Crippen molar-refractivity contribution in [3.8, 4) is 90.6 Å². The van der Waals surface area contributed by atoms with Crippen LogP contribution in [0.4, 0.5) is 0 Å². The number of benzene rings is 9. The fourth-order valence-electron chi connectivity index (χ4n) is 11.9. The highest BCUT2D eigenvalue weighted by Crippen LogP contribution is 2.56. The van der Waals surface area contributed by atoms with Crippen LogP contribution in [0.5, 0.6) is 0 Å². The zero-order valence-electron chi connectivity index (χ0n) is 41.7. The molecule has 0 fully saturated rings. The minimum atomic E-state index is 0.0135. The van der Waals surface area contributed by atoms with Crippen molar-refractivity contribution in [2.45, 2.75) is 11.8 Å². The fourth-order valence-corrected chi connectivity index (χ4v) is 11.9. The molecular weight excluding hydrogens is 929 g/mol. The maximum atomic E-state index is 5.38. The molecule has 0 radical (unpaired) electrons. The Hall–Kier alpha value is -9.92. The minimum Gasteiger partial charge on any atom is -0.327 e. The molecule has 2 bridgehead atoms. The van der Waals surface area contributed by atoms with Gasteiger partial charge in [-0.1, -0.05) is 170 Å². The number of nitrogens with zero attached hydrogens (tertiary/aromatic N) is 8. The van der Waals surface area contributed by atoms with Crippen LogP contribution in [0.2, 0.25) is 0 Å². The highest BCUT2D eigenvalue weighted by Gasteiger charge is 2.41. The summed E-state index contributed by atoms with van der Waals surface area (Å²) in [4.78, 5) is 31.4. The van der Waals surface area contributed by atoms with Gasteiger partial charge in [-0.15, -0.1) is 0 Å². The van der Waals surface area contributed by atoms with Gasteiger partial charge in [0.2, 0.25) is 0 Å². The van der Waals surface area contributed by atoms with Crippen LogP contribution >= 0.6 is 0 Å². The third-order valence-electron chi connectivity index (χ3n) is 15.6. The lowest BCUT2D eigenvalue weighted by molar-refractivity contribution is 0.754. The Labute approximate surface area is 439 Å². The maximum absolute atomic E-state index is 5.38. The normalized spacial score (nSPS) is 14.2. The standard InChI is InChI=1S/C68H46N8/c1-75-61-29-13-11-27-55(61)73-67(75)47-23-15-21-43(35-47)59-39-57(41-17-5-3-6-18-41)69-65(71-59)45-31-33-51-53(37-45)63-49-25-9-10-26-50(49)64(51)54-38-46(32-34-52(54)63)66-70-58(42-19-7-4-8-20-42)40-60(72-66)44-22-16-24-48(36-44)68-74-56-28-12-14-30-62(56)76(68)2/h3-40,63-64H,1-2H3. The molecule has 2 unspecified atom stereocenters. The molecule has 8 nitrogen and oxygen atoms in total. The highest BCUT2D eigenvalue weighted by atomic mass is 15.1. The first-order valence-electron chi connectivity index (χ1n) is 25.8. The van der Waals surface area contributed by atoms with Crippen molar-refractivity contribution in [2.24, 2.45) is 14.1 Å². The number of hydrogen-bond donors (Lipinski definition) is 0. The van der Waals surface area contributed by atoms with E-state index < -0.39 is 0 Å². The van der Waals surface area contributed by atoms with Crippen LogP contribution in [0.15, 0.2) is 231 Å². The van der Waals surface area contributed by atoms with Gasteiger partial charge in [-0.2, -0.15) is 0 Å². The molecule has 0 saturated carbocycles. The van der Waals surface area contributed by atoms with Crippen LogP contribution in [-0.4, -0.2) is 39.0 Å². The lowest BCUT2D eigenvalue weighted by Crippen LogP contribution is -2.27. The third kappa shape index (κ3) is 7.13. The smallest absolute Gasteiger partial charge is 0.160 e. The molecule has 4 aromatic heterocycles. The molecule has 358 valence electrons. The predicted octanol–water partition coefficient (Wildman–Crippen LogP) is 15.4. The van der Waals surface area contributed by atoms with E-state index in [1.807, 2.05) is 24.3 Å². The van der Waals surface area contributed by atoms with Crippen LogP contribution in [0.25, 0.3) is 113 Å². The van der Waals surface area contributed by atoms with Crippen molar-refractivity contribution < 1.29 is 0 Å². The van der Waals surface area contributed by atoms with Gasteiger partial charge in [0.1, 0.15) is 11.6 Å². The van der Waals surface area contributed by atoms with Gasteiger partial charge in [-0.05, 0) is 94.0 Å². The molecule has 0 amide bonds. The average molecular weight is 975 g/mol. The maximum Gasteiger partial charge on any atom is 0.160 e. The lowest BCUT2D eigenvalue weighted by Gasteiger charge is -2.42. The summed E-state index contributed by atoms with van der Waals surface area (Å²) in [5.41, 5.74) is 23.5. The molecule has 76 heavy (non-hydrogen) atoms. The van der Waals surface area contributed by atoms with Gasteiger partial charge in [0, 0.05) is 70.4 Å². The lowest BCUT2D eigenvalue weighted by atomic mass is 9.61. The Morgan fingerprint density at radius 1 is 0.263 bits per heavy atom. The predicted molar refractivity (Wildman–Crippen MR) is 304 cm³/mol. The topological polar surface area (TPSA) is 87.2 Å². The van der Waals surface area contributed by atoms with E-state index in [0.717, 1.165) is 101 Å². The SMILES string of the molecule is Cn1c(-c2cccc(-c3cc(-c4ccccc4)nc(-c4ccc5c(c4)C4c6ccccc6C5c5cc(-c6nc(-c7ccccc7)cc(-c7cccc(-c8nc9ccccc9n8C)c7)n6)ccc54)n3)c2)nc2ccccc21. The zero-order valence-corrected chi connectivity index (χ0v) is 41.7. The second-order valence-electron chi connectivity index (χ2n) is 20.0. The first-order valence-corrected chi connectivity index (χ1v) is 25.8. The molecule has 16 rings (SSSR count). The molecule has 13 aromatic rings. The molecule has 0 saturated heterocycles. The van der Waals surface area contributed by atoms with Gasteiger partial charge < -0.3 is 9.13 Å². The van der Waals surface area contributed by atoms with Crippen molar-refractivity contribution in [1.29, 1.82) is 0 Å². The summed E-state index contributed by atoms with van der Waals surface area (Å²) in [7, 11) is 4.15. The van der Waals surface area contributed by atoms with E-state index in [1.165, 1.54) is 33.4 Å². The summed E-state index contributed by atoms with van der Waals surface area (Å²) >= 11 is 0. The van der Waals surface area contributed by atoms with Crippen molar-refractivity contribution in [2.75, 3.05) is 0 Å². The summed E-state index contributed by atoms with van der Waals surface area (Å²) in [5, 5.41) is 0. The van der Waals surface area contributed by atoms with Crippen molar-refractivity contribution >= 4 is 22.1 Å². The quantitative estimate of drug-likeness (QED) is 0.151. The first-order chi connectivity index (χ1) is 37.5. The van der Waals surface area contributed by atoms with Crippen LogP contribution in [0.1, 0.15) is 45.2 Å². The summed E-state index contributed by atoms with van der Waals surface area (Å²) < 4.78 is 4.32. The van der Waals surface area contributed by atoms with E-state index >= 15 is 0 Å². The van der Waals surface area contributed by atoms with Crippen LogP contribution in [-0.2, 0) is 14.1 Å². The second kappa shape index (κ2) is 17.4. The number of rotatable bonds is 8. The summed E-state index contributed by atoms with van der Waals surface area (Å²) in [6.45, 7) is 0. The molecule has 3 aliphatic carbocycles. The summed E-state index contributed by atoms with van der Waals surface area (Å²) in [6, 6.07) is 81.4. The van der Waals surface area contributed by atoms with Gasteiger partial charge in [-0.25, -0.2) is 29.9 Å². The molecule has 8 heteroatoms. The minimum absolute atomic E-state index is 0.0135. The number of aryl methyl sites for hydroxylation is 2. The van der Waals surface area contributed by atoms with Gasteiger partial charge in [0.25, 0.3) is 0 Å². The van der Waals surface area contributed by atoms with Crippen molar-refractivity contribution in [1.82, 2.24) is 39.0 Å². The van der Waals surface area contributed by atoms with Gasteiger partial charge in [0.15, 0.2) is 11.6 Å². The monoisotopic (exact) mass is 974 g/mol. The third-order valence-corrected chi connectivity index (χ3v) is 15.6. The fraction of sp³-hybridized carbons (Fsp3) is 0.0588. The van der Waals surface area contributed by atoms with Gasteiger partial charge in [0.05, 0.1) is 44.8 Å². The molecule has 4 heterocycles. The molecule has 0 aliphatic heterocycles. The number of fused-ring (bicyclic) bond motifs is 2. The van der Waals surface area contributed by atoms with Gasteiger partial charge in [-0.3, -0.25) is 0 Å². The number of hydrogen-bond acceptors (Lipinski definition) is 6. The zero-order chi connectivity index (χ0) is 50.4. The molecule has 9 aromatic carbocycles. The number of para-hydroxylation sites is 4. The van der Waals surface area contributed by atoms with Gasteiger partial charge >= 0.3 is 0 Å². The van der Waals surface area contributed by atoms with Crippen molar-refractivity contribution in [3.05, 3.63) is 264 Å². The molecular formula is C68H46N8. The van der Waals surface area contributed by atoms with E-state index in [2.05, 4.69) is 229 Å².